The summed E-state index contributed by atoms with van der Waals surface area (Å²) in [4.78, 5) is 15.2. The second-order valence-corrected chi connectivity index (χ2v) is 8.01. The fourth-order valence-electron chi connectivity index (χ4n) is 4.00. The van der Waals surface area contributed by atoms with Crippen LogP contribution in [0.2, 0.25) is 0 Å². The summed E-state index contributed by atoms with van der Waals surface area (Å²) in [5, 5.41) is 7.06. The standard InChI is InChI=1S/C25H29N3O2/c1-3-19-8-12-20(13-9-19)23(28-14-4-5-15-28)17-26-25(29)22-16-24(30-27-22)21-10-6-18(2)7-11-21/h6-13,16,23H,3-5,14-15,17H2,1-2H3,(H,26,29). The number of benzene rings is 2. The highest BCUT2D eigenvalue weighted by Crippen LogP contribution is 2.25. The number of hydrogen-bond donors (Lipinski definition) is 1. The van der Waals surface area contributed by atoms with Gasteiger partial charge >= 0.3 is 0 Å². The molecule has 4 rings (SSSR count). The molecule has 3 aromatic rings. The second kappa shape index (κ2) is 9.26. The Labute approximate surface area is 178 Å². The van der Waals surface area contributed by atoms with Crippen LogP contribution in [0.25, 0.3) is 11.3 Å². The molecule has 1 aromatic heterocycles. The number of hydrogen-bond acceptors (Lipinski definition) is 4. The molecule has 1 atom stereocenters. The van der Waals surface area contributed by atoms with Crippen molar-refractivity contribution < 1.29 is 9.32 Å². The number of aryl methyl sites for hydroxylation is 2. The summed E-state index contributed by atoms with van der Waals surface area (Å²) >= 11 is 0. The lowest BCUT2D eigenvalue weighted by Crippen LogP contribution is -2.36. The van der Waals surface area contributed by atoms with Crippen molar-refractivity contribution in [3.05, 3.63) is 77.0 Å². The van der Waals surface area contributed by atoms with Crippen LogP contribution in [0.1, 0.15) is 53.0 Å². The highest BCUT2D eigenvalue weighted by atomic mass is 16.5. The molecule has 1 aliphatic heterocycles. The van der Waals surface area contributed by atoms with Crippen LogP contribution in [-0.4, -0.2) is 35.6 Å². The predicted octanol–water partition coefficient (Wildman–Crippen LogP) is 4.78. The zero-order chi connectivity index (χ0) is 20.9. The molecule has 2 aromatic carbocycles. The lowest BCUT2D eigenvalue weighted by Gasteiger charge is -2.28. The first-order valence-corrected chi connectivity index (χ1v) is 10.8. The minimum atomic E-state index is -0.202. The first-order chi connectivity index (χ1) is 14.6. The van der Waals surface area contributed by atoms with Gasteiger partial charge in [-0.25, -0.2) is 0 Å². The third-order valence-corrected chi connectivity index (χ3v) is 5.89. The Kier molecular flexibility index (Phi) is 6.29. The van der Waals surface area contributed by atoms with E-state index in [-0.39, 0.29) is 11.9 Å². The molecule has 5 heteroatoms. The molecule has 156 valence electrons. The van der Waals surface area contributed by atoms with E-state index in [1.807, 2.05) is 31.2 Å². The van der Waals surface area contributed by atoms with Crippen molar-refractivity contribution >= 4 is 5.91 Å². The van der Waals surface area contributed by atoms with Gasteiger partial charge in [0, 0.05) is 18.2 Å². The van der Waals surface area contributed by atoms with Crippen LogP contribution in [-0.2, 0) is 6.42 Å². The van der Waals surface area contributed by atoms with Gasteiger partial charge in [-0.05, 0) is 50.4 Å². The summed E-state index contributed by atoms with van der Waals surface area (Å²) in [6, 6.07) is 18.6. The molecule has 30 heavy (non-hydrogen) atoms. The number of nitrogens with zero attached hydrogens (tertiary/aromatic N) is 2. The summed E-state index contributed by atoms with van der Waals surface area (Å²) in [7, 11) is 0. The third kappa shape index (κ3) is 4.62. The average molecular weight is 404 g/mol. The third-order valence-electron chi connectivity index (χ3n) is 5.89. The zero-order valence-corrected chi connectivity index (χ0v) is 17.7. The smallest absolute Gasteiger partial charge is 0.273 e. The van der Waals surface area contributed by atoms with Gasteiger partial charge in [0.15, 0.2) is 11.5 Å². The zero-order valence-electron chi connectivity index (χ0n) is 17.7. The quantitative estimate of drug-likeness (QED) is 0.617. The Balaban J connectivity index is 1.45. The number of amides is 1. The molecule has 0 radical (unpaired) electrons. The molecule has 1 unspecified atom stereocenters. The molecule has 2 heterocycles. The van der Waals surface area contributed by atoms with E-state index in [1.54, 1.807) is 6.07 Å². The fourth-order valence-corrected chi connectivity index (χ4v) is 4.00. The Bertz CT molecular complexity index is 970. The molecule has 0 saturated carbocycles. The van der Waals surface area contributed by atoms with Crippen LogP contribution in [0.15, 0.2) is 59.1 Å². The van der Waals surface area contributed by atoms with Crippen molar-refractivity contribution in [3.8, 4) is 11.3 Å². The molecule has 1 aliphatic rings. The number of carbonyl (C=O) groups is 1. The van der Waals surface area contributed by atoms with Gasteiger partial charge in [-0.15, -0.1) is 0 Å². The number of carbonyl (C=O) groups excluding carboxylic acids is 1. The van der Waals surface area contributed by atoms with Gasteiger partial charge < -0.3 is 9.84 Å². The highest BCUT2D eigenvalue weighted by Gasteiger charge is 2.24. The van der Waals surface area contributed by atoms with Crippen LogP contribution in [0.4, 0.5) is 0 Å². The minimum Gasteiger partial charge on any atom is -0.355 e. The van der Waals surface area contributed by atoms with Crippen molar-refractivity contribution in [1.82, 2.24) is 15.4 Å². The van der Waals surface area contributed by atoms with Crippen molar-refractivity contribution in [2.45, 2.75) is 39.2 Å². The molecule has 0 bridgehead atoms. The molecule has 5 nitrogen and oxygen atoms in total. The monoisotopic (exact) mass is 403 g/mol. The molecule has 1 saturated heterocycles. The van der Waals surface area contributed by atoms with E-state index >= 15 is 0 Å². The fraction of sp³-hybridized carbons (Fsp3) is 0.360. The topological polar surface area (TPSA) is 58.4 Å². The molecular formula is C25H29N3O2. The van der Waals surface area contributed by atoms with Gasteiger partial charge in [-0.1, -0.05) is 66.2 Å². The van der Waals surface area contributed by atoms with Gasteiger partial charge in [-0.2, -0.15) is 0 Å². The van der Waals surface area contributed by atoms with Gasteiger partial charge in [-0.3, -0.25) is 9.69 Å². The van der Waals surface area contributed by atoms with Crippen LogP contribution in [0.3, 0.4) is 0 Å². The first kappa shape index (κ1) is 20.4. The maximum atomic E-state index is 12.7. The first-order valence-electron chi connectivity index (χ1n) is 10.8. The summed E-state index contributed by atoms with van der Waals surface area (Å²) in [5.41, 5.74) is 4.98. The second-order valence-electron chi connectivity index (χ2n) is 8.01. The van der Waals surface area contributed by atoms with E-state index in [2.05, 4.69) is 46.6 Å². The lowest BCUT2D eigenvalue weighted by molar-refractivity contribution is 0.0929. The number of rotatable bonds is 7. The molecular weight excluding hydrogens is 374 g/mol. The van der Waals surface area contributed by atoms with Crippen LogP contribution >= 0.6 is 0 Å². The Morgan fingerprint density at radius 2 is 1.80 bits per heavy atom. The molecule has 0 aliphatic carbocycles. The van der Waals surface area contributed by atoms with Crippen molar-refractivity contribution in [2.75, 3.05) is 19.6 Å². The van der Waals surface area contributed by atoms with E-state index in [0.29, 0.717) is 18.0 Å². The van der Waals surface area contributed by atoms with Crippen molar-refractivity contribution in [1.29, 1.82) is 0 Å². The van der Waals surface area contributed by atoms with E-state index in [1.165, 1.54) is 29.5 Å². The maximum Gasteiger partial charge on any atom is 0.273 e. The molecule has 1 N–H and O–H groups in total. The van der Waals surface area contributed by atoms with E-state index in [0.717, 1.165) is 25.1 Å². The molecule has 0 spiro atoms. The molecule has 1 amide bonds. The number of nitrogens with one attached hydrogen (secondary N) is 1. The Hall–Kier alpha value is -2.92. The predicted molar refractivity (Wildman–Crippen MR) is 118 cm³/mol. The largest absolute Gasteiger partial charge is 0.355 e. The summed E-state index contributed by atoms with van der Waals surface area (Å²) < 4.78 is 5.41. The van der Waals surface area contributed by atoms with Crippen molar-refractivity contribution in [2.24, 2.45) is 0 Å². The number of likely N-dealkylation sites (tertiary alicyclic amines) is 1. The summed E-state index contributed by atoms with van der Waals surface area (Å²) in [6.07, 6.45) is 3.45. The Morgan fingerprint density at radius 1 is 1.10 bits per heavy atom. The van der Waals surface area contributed by atoms with Gasteiger partial charge in [0.25, 0.3) is 5.91 Å². The lowest BCUT2D eigenvalue weighted by atomic mass is 10.0. The van der Waals surface area contributed by atoms with Crippen molar-refractivity contribution in [3.63, 3.8) is 0 Å². The summed E-state index contributed by atoms with van der Waals surface area (Å²) in [5.74, 6) is 0.401. The minimum absolute atomic E-state index is 0.172. The normalized spacial score (nSPS) is 15.3. The van der Waals surface area contributed by atoms with Gasteiger partial charge in [0.2, 0.25) is 0 Å². The van der Waals surface area contributed by atoms with Crippen LogP contribution in [0.5, 0.6) is 0 Å². The van der Waals surface area contributed by atoms with Gasteiger partial charge in [0.05, 0.1) is 6.04 Å². The molecule has 1 fully saturated rings. The maximum absolute atomic E-state index is 12.7. The van der Waals surface area contributed by atoms with Gasteiger partial charge in [0.1, 0.15) is 0 Å². The Morgan fingerprint density at radius 3 is 2.47 bits per heavy atom. The average Bonchev–Trinajstić information content (AvgIpc) is 3.47. The van der Waals surface area contributed by atoms with E-state index in [4.69, 9.17) is 4.52 Å². The van der Waals surface area contributed by atoms with E-state index in [9.17, 15) is 4.79 Å². The summed E-state index contributed by atoms with van der Waals surface area (Å²) in [6.45, 7) is 6.89. The number of aromatic nitrogens is 1. The van der Waals surface area contributed by atoms with E-state index < -0.39 is 0 Å². The SMILES string of the molecule is CCc1ccc(C(CNC(=O)c2cc(-c3ccc(C)cc3)on2)N2CCCC2)cc1. The highest BCUT2D eigenvalue weighted by molar-refractivity contribution is 5.93. The van der Waals surface area contributed by atoms with Crippen LogP contribution in [0, 0.1) is 6.92 Å². The van der Waals surface area contributed by atoms with Crippen LogP contribution < -0.4 is 5.32 Å².